The second-order valence-electron chi connectivity index (χ2n) is 10.8. The molecule has 190 valence electrons. The number of nitrogens with zero attached hydrogens (tertiary/aromatic N) is 6. The summed E-state index contributed by atoms with van der Waals surface area (Å²) in [5.41, 5.74) is 6.11. The van der Waals surface area contributed by atoms with E-state index in [1.165, 1.54) is 43.0 Å². The van der Waals surface area contributed by atoms with Gasteiger partial charge in [-0.2, -0.15) is 14.6 Å². The standard InChI is InChI=1S/C27H30N8OS/c1-35-15-18-11-20(12-21(17-7-8-17)24(18)27(16-35)9-10-27)30-26-29-14-19(13-28)25(33-26)32-22-5-4-6-23(31-22)34-37(2,3)36/h4-6,11-12,14,17H,7-10,15-16H2,1-3H3,(H2,29,30,31,32,33). The lowest BCUT2D eigenvalue weighted by Gasteiger charge is -2.35. The number of fused-ring (bicyclic) bond motifs is 2. The van der Waals surface area contributed by atoms with Crippen molar-refractivity contribution >= 4 is 38.8 Å². The number of anilines is 4. The highest BCUT2D eigenvalue weighted by molar-refractivity contribution is 7.92. The lowest BCUT2D eigenvalue weighted by atomic mass is 9.81. The second kappa shape index (κ2) is 8.78. The summed E-state index contributed by atoms with van der Waals surface area (Å²) >= 11 is 0. The Labute approximate surface area is 217 Å². The van der Waals surface area contributed by atoms with Gasteiger partial charge in [0.05, 0.1) is 6.20 Å². The molecular weight excluding hydrogens is 484 g/mol. The number of pyridine rings is 1. The summed E-state index contributed by atoms with van der Waals surface area (Å²) in [6.45, 7) is 2.10. The van der Waals surface area contributed by atoms with Crippen LogP contribution in [0.1, 0.15) is 53.9 Å². The van der Waals surface area contributed by atoms with Crippen LogP contribution < -0.4 is 10.6 Å². The summed E-state index contributed by atoms with van der Waals surface area (Å²) in [7, 11) is -0.141. The Hall–Kier alpha value is -3.55. The molecule has 2 saturated carbocycles. The maximum atomic E-state index is 12.1. The molecular formula is C27H30N8OS. The molecule has 0 amide bonds. The molecule has 0 unspecified atom stereocenters. The van der Waals surface area contributed by atoms with Crippen LogP contribution in [0.3, 0.4) is 0 Å². The lowest BCUT2D eigenvalue weighted by molar-refractivity contribution is 0.270. The number of rotatable bonds is 6. The summed E-state index contributed by atoms with van der Waals surface area (Å²) in [5.74, 6) is 2.20. The fourth-order valence-electron chi connectivity index (χ4n) is 5.43. The summed E-state index contributed by atoms with van der Waals surface area (Å²) in [6, 6.07) is 11.9. The maximum absolute atomic E-state index is 12.1. The third-order valence-corrected chi connectivity index (χ3v) is 7.75. The van der Waals surface area contributed by atoms with Crippen molar-refractivity contribution < 1.29 is 4.21 Å². The van der Waals surface area contributed by atoms with Crippen molar-refractivity contribution in [3.8, 4) is 6.07 Å². The third kappa shape index (κ3) is 5.02. The lowest BCUT2D eigenvalue weighted by Crippen LogP contribution is -2.36. The summed E-state index contributed by atoms with van der Waals surface area (Å²) in [5, 5.41) is 16.1. The molecule has 2 aromatic heterocycles. The van der Waals surface area contributed by atoms with Crippen LogP contribution in [0, 0.1) is 11.3 Å². The first-order valence-electron chi connectivity index (χ1n) is 12.5. The van der Waals surface area contributed by atoms with Gasteiger partial charge >= 0.3 is 0 Å². The number of aromatic nitrogens is 3. The van der Waals surface area contributed by atoms with Crippen molar-refractivity contribution in [2.24, 2.45) is 4.36 Å². The van der Waals surface area contributed by atoms with Crippen LogP contribution in [0.4, 0.5) is 29.1 Å². The van der Waals surface area contributed by atoms with E-state index in [4.69, 9.17) is 0 Å². The van der Waals surface area contributed by atoms with Crippen molar-refractivity contribution in [2.75, 3.05) is 36.7 Å². The zero-order valence-electron chi connectivity index (χ0n) is 21.3. The number of likely N-dealkylation sites (N-methyl/N-ethyl adjacent to an activating group) is 1. The van der Waals surface area contributed by atoms with E-state index in [1.807, 2.05) is 0 Å². The van der Waals surface area contributed by atoms with Gasteiger partial charge in [-0.05, 0) is 79.6 Å². The number of nitriles is 1. The van der Waals surface area contributed by atoms with Gasteiger partial charge in [-0.15, -0.1) is 0 Å². The van der Waals surface area contributed by atoms with Crippen molar-refractivity contribution in [3.05, 3.63) is 58.8 Å². The van der Waals surface area contributed by atoms with Gasteiger partial charge in [0.15, 0.2) is 11.6 Å². The molecule has 0 radical (unpaired) electrons. The van der Waals surface area contributed by atoms with E-state index < -0.39 is 9.73 Å². The Bertz CT molecular complexity index is 1550. The number of hydrogen-bond donors (Lipinski definition) is 2. The predicted octanol–water partition coefficient (Wildman–Crippen LogP) is 4.94. The summed E-state index contributed by atoms with van der Waals surface area (Å²) in [6.07, 6.45) is 9.69. The van der Waals surface area contributed by atoms with Crippen molar-refractivity contribution in [3.63, 3.8) is 0 Å². The van der Waals surface area contributed by atoms with E-state index in [9.17, 15) is 9.47 Å². The molecule has 2 aliphatic carbocycles. The molecule has 0 saturated heterocycles. The van der Waals surface area contributed by atoms with E-state index in [2.05, 4.69) is 60.1 Å². The Kier molecular flexibility index (Phi) is 5.66. The maximum Gasteiger partial charge on any atom is 0.229 e. The van der Waals surface area contributed by atoms with Crippen LogP contribution in [0.25, 0.3) is 0 Å². The predicted molar refractivity (Wildman–Crippen MR) is 145 cm³/mol. The first-order chi connectivity index (χ1) is 17.7. The normalized spacial score (nSPS) is 18.1. The molecule has 1 spiro atoms. The third-order valence-electron chi connectivity index (χ3n) is 7.12. The molecule has 37 heavy (non-hydrogen) atoms. The van der Waals surface area contributed by atoms with Gasteiger partial charge in [0.25, 0.3) is 0 Å². The van der Waals surface area contributed by atoms with Gasteiger partial charge in [0.1, 0.15) is 17.5 Å². The average Bonchev–Trinajstić information content (AvgIpc) is 3.74. The van der Waals surface area contributed by atoms with Gasteiger partial charge in [-0.3, -0.25) is 0 Å². The van der Waals surface area contributed by atoms with E-state index in [0.717, 1.165) is 18.8 Å². The van der Waals surface area contributed by atoms with Crippen LogP contribution in [0.5, 0.6) is 0 Å². The summed E-state index contributed by atoms with van der Waals surface area (Å²) in [4.78, 5) is 15.8. The minimum absolute atomic E-state index is 0.297. The van der Waals surface area contributed by atoms with Gasteiger partial charge in [0.2, 0.25) is 5.95 Å². The molecule has 1 aliphatic heterocycles. The van der Waals surface area contributed by atoms with Crippen molar-refractivity contribution in [1.29, 1.82) is 5.26 Å². The van der Waals surface area contributed by atoms with E-state index in [1.54, 1.807) is 36.3 Å². The molecule has 9 nitrogen and oxygen atoms in total. The Morgan fingerprint density at radius 1 is 1.19 bits per heavy atom. The van der Waals surface area contributed by atoms with E-state index in [-0.39, 0.29) is 0 Å². The fourth-order valence-corrected chi connectivity index (χ4v) is 5.98. The minimum Gasteiger partial charge on any atom is -0.324 e. The van der Waals surface area contributed by atoms with Gasteiger partial charge in [0, 0.05) is 46.4 Å². The zero-order valence-corrected chi connectivity index (χ0v) is 22.1. The van der Waals surface area contributed by atoms with Crippen LogP contribution in [0.15, 0.2) is 40.9 Å². The molecule has 0 atom stereocenters. The van der Waals surface area contributed by atoms with Crippen LogP contribution in [0.2, 0.25) is 0 Å². The Balaban J connectivity index is 1.31. The Morgan fingerprint density at radius 3 is 2.70 bits per heavy atom. The molecule has 1 aromatic carbocycles. The van der Waals surface area contributed by atoms with Crippen LogP contribution >= 0.6 is 0 Å². The van der Waals surface area contributed by atoms with Crippen LogP contribution in [-0.4, -0.2) is 50.2 Å². The van der Waals surface area contributed by atoms with Gasteiger partial charge in [-0.1, -0.05) is 6.07 Å². The highest BCUT2D eigenvalue weighted by Gasteiger charge is 2.50. The molecule has 0 bridgehead atoms. The summed E-state index contributed by atoms with van der Waals surface area (Å²) < 4.78 is 16.2. The van der Waals surface area contributed by atoms with E-state index >= 15 is 0 Å². The SMILES string of the molecule is CN1Cc2cc(Nc3ncc(C#N)c(Nc4cccc(N=S(C)(C)=O)n4)n3)cc(C3CC3)c2C2(CC2)C1. The first kappa shape index (κ1) is 23.8. The molecule has 2 N–H and O–H groups in total. The van der Waals surface area contributed by atoms with Crippen LogP contribution in [-0.2, 0) is 21.7 Å². The zero-order chi connectivity index (χ0) is 25.8. The molecule has 3 aromatic rings. The minimum atomic E-state index is -2.35. The smallest absolute Gasteiger partial charge is 0.229 e. The number of hydrogen-bond acceptors (Lipinski definition) is 9. The molecule has 2 fully saturated rings. The quantitative estimate of drug-likeness (QED) is 0.475. The number of nitrogens with one attached hydrogen (secondary N) is 2. The van der Waals surface area contributed by atoms with E-state index in [0.29, 0.717) is 40.3 Å². The monoisotopic (exact) mass is 514 g/mol. The molecule has 3 aliphatic rings. The van der Waals surface area contributed by atoms with Crippen molar-refractivity contribution in [1.82, 2.24) is 19.9 Å². The molecule has 6 rings (SSSR count). The topological polar surface area (TPSA) is 119 Å². The molecule has 10 heteroatoms. The second-order valence-corrected chi connectivity index (χ2v) is 13.3. The highest BCUT2D eigenvalue weighted by atomic mass is 32.2. The van der Waals surface area contributed by atoms with Gasteiger partial charge < -0.3 is 15.5 Å². The average molecular weight is 515 g/mol. The Morgan fingerprint density at radius 2 is 2.00 bits per heavy atom. The first-order valence-corrected chi connectivity index (χ1v) is 14.9. The highest BCUT2D eigenvalue weighted by Crippen LogP contribution is 2.57. The van der Waals surface area contributed by atoms with Crippen molar-refractivity contribution in [2.45, 2.75) is 43.6 Å². The molecule has 3 heterocycles. The largest absolute Gasteiger partial charge is 0.324 e. The number of benzene rings is 1. The fraction of sp³-hybridized carbons (Fsp3) is 0.407. The van der Waals surface area contributed by atoms with Gasteiger partial charge in [-0.25, -0.2) is 14.2 Å².